The third kappa shape index (κ3) is 2.89. The molecule has 1 aromatic heterocycles. The lowest BCUT2D eigenvalue weighted by molar-refractivity contribution is 0.213. The highest BCUT2D eigenvalue weighted by Gasteiger charge is 2.29. The zero-order chi connectivity index (χ0) is 12.3. The lowest BCUT2D eigenvalue weighted by atomic mass is 9.83. The fraction of sp³-hybridized carbons (Fsp3) is 0.786. The van der Waals surface area contributed by atoms with Gasteiger partial charge in [-0.3, -0.25) is 0 Å². The summed E-state index contributed by atoms with van der Waals surface area (Å²) in [5.41, 5.74) is 0. The van der Waals surface area contributed by atoms with E-state index in [1.165, 1.54) is 25.7 Å². The lowest BCUT2D eigenvalue weighted by Crippen LogP contribution is -2.42. The summed E-state index contributed by atoms with van der Waals surface area (Å²) >= 11 is 0. The van der Waals surface area contributed by atoms with Crippen LogP contribution in [0.1, 0.15) is 51.4 Å². The van der Waals surface area contributed by atoms with Gasteiger partial charge in [0.15, 0.2) is 0 Å². The van der Waals surface area contributed by atoms with Crippen molar-refractivity contribution in [1.82, 2.24) is 14.9 Å². The largest absolute Gasteiger partial charge is 0.331 e. The van der Waals surface area contributed by atoms with E-state index in [0.717, 1.165) is 18.3 Å². The third-order valence-corrected chi connectivity index (χ3v) is 3.95. The average Bonchev–Trinajstić information content (AvgIpc) is 2.74. The number of nitrogens with one attached hydrogen (secondary N) is 1. The average molecular weight is 235 g/mol. The van der Waals surface area contributed by atoms with Crippen LogP contribution < -0.4 is 5.32 Å². The van der Waals surface area contributed by atoms with E-state index >= 15 is 0 Å². The van der Waals surface area contributed by atoms with Crippen LogP contribution in [0.5, 0.6) is 0 Å². The highest BCUT2D eigenvalue weighted by atomic mass is 15.1. The fourth-order valence-electron chi connectivity index (χ4n) is 2.96. The van der Waals surface area contributed by atoms with Crippen molar-refractivity contribution in [2.24, 2.45) is 5.92 Å². The van der Waals surface area contributed by atoms with Gasteiger partial charge in [0, 0.05) is 18.4 Å². The number of imidazole rings is 1. The van der Waals surface area contributed by atoms with Crippen molar-refractivity contribution in [2.45, 2.75) is 58.5 Å². The minimum absolute atomic E-state index is 0.591. The monoisotopic (exact) mass is 235 g/mol. The van der Waals surface area contributed by atoms with E-state index in [1.54, 1.807) is 0 Å². The molecule has 0 spiro atoms. The Kier molecular flexibility index (Phi) is 4.21. The van der Waals surface area contributed by atoms with Gasteiger partial charge in [-0.15, -0.1) is 0 Å². The highest BCUT2D eigenvalue weighted by Crippen LogP contribution is 2.33. The predicted octanol–water partition coefficient (Wildman–Crippen LogP) is 2.92. The second-order valence-electron chi connectivity index (χ2n) is 5.43. The summed E-state index contributed by atoms with van der Waals surface area (Å²) in [4.78, 5) is 4.37. The van der Waals surface area contributed by atoms with Gasteiger partial charge >= 0.3 is 0 Å². The predicted molar refractivity (Wildman–Crippen MR) is 71.1 cm³/mol. The number of nitrogens with zero attached hydrogens (tertiary/aromatic N) is 2. The van der Waals surface area contributed by atoms with Gasteiger partial charge in [-0.05, 0) is 45.1 Å². The molecule has 1 aliphatic rings. The molecular formula is C14H25N3. The van der Waals surface area contributed by atoms with Crippen molar-refractivity contribution in [2.75, 3.05) is 6.54 Å². The van der Waals surface area contributed by atoms with Crippen molar-refractivity contribution in [3.63, 3.8) is 0 Å². The van der Waals surface area contributed by atoms with Gasteiger partial charge in [0.2, 0.25) is 0 Å². The number of hydrogen-bond donors (Lipinski definition) is 1. The first-order chi connectivity index (χ1) is 8.22. The van der Waals surface area contributed by atoms with Crippen LogP contribution in [0.15, 0.2) is 12.4 Å². The van der Waals surface area contributed by atoms with E-state index in [0.29, 0.717) is 12.1 Å². The summed E-state index contributed by atoms with van der Waals surface area (Å²) in [5, 5.41) is 3.71. The first-order valence-electron chi connectivity index (χ1n) is 6.95. The first kappa shape index (κ1) is 12.6. The molecule has 3 unspecified atom stereocenters. The van der Waals surface area contributed by atoms with E-state index in [4.69, 9.17) is 0 Å². The van der Waals surface area contributed by atoms with Gasteiger partial charge in [0.05, 0.1) is 6.04 Å². The summed E-state index contributed by atoms with van der Waals surface area (Å²) in [6.07, 6.45) is 9.19. The Morgan fingerprint density at radius 2 is 2.29 bits per heavy atom. The molecule has 96 valence electrons. The van der Waals surface area contributed by atoms with E-state index in [1.807, 2.05) is 6.20 Å². The van der Waals surface area contributed by atoms with Gasteiger partial charge < -0.3 is 9.88 Å². The summed E-state index contributed by atoms with van der Waals surface area (Å²) in [6.45, 7) is 7.84. The topological polar surface area (TPSA) is 29.9 Å². The molecule has 2 rings (SSSR count). The molecule has 0 radical (unpaired) electrons. The van der Waals surface area contributed by atoms with Gasteiger partial charge in [-0.25, -0.2) is 4.98 Å². The fourth-order valence-corrected chi connectivity index (χ4v) is 2.96. The summed E-state index contributed by atoms with van der Waals surface area (Å²) in [6, 6.07) is 1.21. The zero-order valence-electron chi connectivity index (χ0n) is 11.3. The molecule has 1 aliphatic carbocycles. The van der Waals surface area contributed by atoms with Gasteiger partial charge in [0.1, 0.15) is 5.82 Å². The van der Waals surface area contributed by atoms with E-state index in [9.17, 15) is 0 Å². The smallest absolute Gasteiger partial charge is 0.105 e. The molecule has 1 fully saturated rings. The molecule has 3 nitrogen and oxygen atoms in total. The first-order valence-corrected chi connectivity index (χ1v) is 6.95. The molecule has 0 saturated heterocycles. The molecule has 1 heterocycles. The molecule has 3 heteroatoms. The van der Waals surface area contributed by atoms with Crippen LogP contribution in [0.4, 0.5) is 0 Å². The van der Waals surface area contributed by atoms with Crippen molar-refractivity contribution < 1.29 is 0 Å². The molecule has 3 atom stereocenters. The Morgan fingerprint density at radius 1 is 1.47 bits per heavy atom. The van der Waals surface area contributed by atoms with Crippen LogP contribution in [-0.2, 0) is 0 Å². The Hall–Kier alpha value is -0.830. The van der Waals surface area contributed by atoms with Gasteiger partial charge in [-0.2, -0.15) is 0 Å². The summed E-state index contributed by atoms with van der Waals surface area (Å²) < 4.78 is 2.36. The molecule has 1 N–H and O–H groups in total. The minimum atomic E-state index is 0.591. The molecule has 0 amide bonds. The van der Waals surface area contributed by atoms with Crippen molar-refractivity contribution in [1.29, 1.82) is 0 Å². The van der Waals surface area contributed by atoms with Crippen molar-refractivity contribution in [3.8, 4) is 0 Å². The van der Waals surface area contributed by atoms with Gasteiger partial charge in [0.25, 0.3) is 0 Å². The van der Waals surface area contributed by atoms with E-state index in [-0.39, 0.29) is 0 Å². The van der Waals surface area contributed by atoms with Crippen LogP contribution in [0.2, 0.25) is 0 Å². The van der Waals surface area contributed by atoms with Crippen molar-refractivity contribution in [3.05, 3.63) is 18.2 Å². The lowest BCUT2D eigenvalue weighted by Gasteiger charge is -2.37. The van der Waals surface area contributed by atoms with E-state index < -0.39 is 0 Å². The maximum Gasteiger partial charge on any atom is 0.105 e. The number of aryl methyl sites for hydroxylation is 1. The molecule has 1 saturated carbocycles. The standard InChI is InChI=1S/C14H25N3/c1-4-7-16-13-6-5-11(2)10-14(13)17-9-8-15-12(17)3/h8-9,11,13-14,16H,4-7,10H2,1-3H3. The third-order valence-electron chi connectivity index (χ3n) is 3.95. The van der Waals surface area contributed by atoms with Crippen LogP contribution in [0, 0.1) is 12.8 Å². The molecule has 0 aliphatic heterocycles. The molecule has 0 bridgehead atoms. The molecule has 0 aromatic carbocycles. The van der Waals surface area contributed by atoms with Crippen LogP contribution in [-0.4, -0.2) is 22.1 Å². The second-order valence-corrected chi connectivity index (χ2v) is 5.43. The van der Waals surface area contributed by atoms with Crippen LogP contribution in [0.3, 0.4) is 0 Å². The SMILES string of the molecule is CCCNC1CCC(C)CC1n1ccnc1C. The second kappa shape index (κ2) is 5.67. The Morgan fingerprint density at radius 3 is 2.94 bits per heavy atom. The minimum Gasteiger partial charge on any atom is -0.331 e. The number of hydrogen-bond acceptors (Lipinski definition) is 2. The number of aromatic nitrogens is 2. The maximum atomic E-state index is 4.37. The van der Waals surface area contributed by atoms with Gasteiger partial charge in [-0.1, -0.05) is 13.8 Å². The number of rotatable bonds is 4. The normalized spacial score (nSPS) is 29.5. The maximum absolute atomic E-state index is 4.37. The highest BCUT2D eigenvalue weighted by molar-refractivity contribution is 4.98. The Balaban J connectivity index is 2.11. The Labute approximate surface area is 105 Å². The summed E-state index contributed by atoms with van der Waals surface area (Å²) in [5.74, 6) is 1.98. The molecular weight excluding hydrogens is 210 g/mol. The van der Waals surface area contributed by atoms with Crippen LogP contribution >= 0.6 is 0 Å². The van der Waals surface area contributed by atoms with E-state index in [2.05, 4.69) is 41.8 Å². The zero-order valence-corrected chi connectivity index (χ0v) is 11.3. The summed E-state index contributed by atoms with van der Waals surface area (Å²) in [7, 11) is 0. The molecule has 1 aromatic rings. The molecule has 17 heavy (non-hydrogen) atoms. The van der Waals surface area contributed by atoms with Crippen molar-refractivity contribution >= 4 is 0 Å². The quantitative estimate of drug-likeness (QED) is 0.869. The Bertz CT molecular complexity index is 343. The van der Waals surface area contributed by atoms with Crippen LogP contribution in [0.25, 0.3) is 0 Å².